The number of nitrogens with one attached hydrogen (secondary N) is 2. The van der Waals surface area contributed by atoms with Crippen LogP contribution in [0.4, 0.5) is 0 Å². The molecule has 3 heterocycles. The smallest absolute Gasteiger partial charge is 0.330 e. The van der Waals surface area contributed by atoms with Gasteiger partial charge in [0.2, 0.25) is 0 Å². The second-order valence-electron chi connectivity index (χ2n) is 6.43. The van der Waals surface area contributed by atoms with Gasteiger partial charge in [-0.05, 0) is 24.6 Å². The first kappa shape index (κ1) is 16.7. The van der Waals surface area contributed by atoms with Gasteiger partial charge in [0.05, 0.1) is 29.3 Å². The number of hydrogen-bond acceptors (Lipinski definition) is 6. The Morgan fingerprint density at radius 1 is 1.35 bits per heavy atom. The van der Waals surface area contributed by atoms with E-state index in [1.54, 1.807) is 0 Å². The monoisotopic (exact) mass is 358 g/mol. The number of H-pyrrole nitrogens is 2. The number of aromatic nitrogens is 4. The van der Waals surface area contributed by atoms with E-state index < -0.39 is 29.7 Å². The quantitative estimate of drug-likeness (QED) is 0.522. The van der Waals surface area contributed by atoms with Gasteiger partial charge in [0.25, 0.3) is 5.56 Å². The van der Waals surface area contributed by atoms with E-state index in [0.717, 1.165) is 11.1 Å². The second-order valence-corrected chi connectivity index (χ2v) is 6.43. The SMILES string of the molecule is Cc1ccc2nc(-c3cn([C@H]4C[C@H](O)[C@@H](CO)O4)c(=O)[nH]c3=O)[nH]c2c1. The lowest BCUT2D eigenvalue weighted by Crippen LogP contribution is -2.33. The molecule has 1 aromatic carbocycles. The Morgan fingerprint density at radius 2 is 2.15 bits per heavy atom. The molecule has 1 fully saturated rings. The van der Waals surface area contributed by atoms with Crippen molar-refractivity contribution in [2.24, 2.45) is 0 Å². The van der Waals surface area contributed by atoms with Crippen molar-refractivity contribution in [3.05, 3.63) is 50.8 Å². The van der Waals surface area contributed by atoms with Gasteiger partial charge < -0.3 is 19.9 Å². The summed E-state index contributed by atoms with van der Waals surface area (Å²) in [5, 5.41) is 19.1. The highest BCUT2D eigenvalue weighted by Crippen LogP contribution is 2.28. The Balaban J connectivity index is 1.79. The number of ether oxygens (including phenoxy) is 1. The van der Waals surface area contributed by atoms with Crippen LogP contribution in [-0.4, -0.2) is 48.5 Å². The molecule has 4 rings (SSSR count). The molecule has 0 unspecified atom stereocenters. The molecule has 0 amide bonds. The summed E-state index contributed by atoms with van der Waals surface area (Å²) >= 11 is 0. The number of rotatable bonds is 3. The molecule has 0 aliphatic carbocycles. The van der Waals surface area contributed by atoms with E-state index in [1.165, 1.54) is 10.8 Å². The highest BCUT2D eigenvalue weighted by atomic mass is 16.5. The molecular weight excluding hydrogens is 340 g/mol. The molecule has 1 saturated heterocycles. The number of nitrogens with zero attached hydrogens (tertiary/aromatic N) is 2. The minimum atomic E-state index is -0.888. The number of benzene rings is 1. The van der Waals surface area contributed by atoms with Crippen molar-refractivity contribution in [1.82, 2.24) is 19.5 Å². The van der Waals surface area contributed by atoms with Crippen molar-refractivity contribution >= 4 is 11.0 Å². The van der Waals surface area contributed by atoms with Gasteiger partial charge in [0.1, 0.15) is 18.2 Å². The van der Waals surface area contributed by atoms with Gasteiger partial charge in [-0.1, -0.05) is 6.07 Å². The maximum absolute atomic E-state index is 12.3. The van der Waals surface area contributed by atoms with Crippen LogP contribution in [0.3, 0.4) is 0 Å². The topological polar surface area (TPSA) is 133 Å². The lowest BCUT2D eigenvalue weighted by molar-refractivity contribution is -0.0458. The first-order chi connectivity index (χ1) is 12.5. The number of aryl methyl sites for hydroxylation is 1. The van der Waals surface area contributed by atoms with Crippen LogP contribution in [0.1, 0.15) is 18.2 Å². The first-order valence-electron chi connectivity index (χ1n) is 8.23. The van der Waals surface area contributed by atoms with Crippen LogP contribution in [0.15, 0.2) is 34.0 Å². The Bertz CT molecular complexity index is 1080. The highest BCUT2D eigenvalue weighted by molar-refractivity contribution is 5.79. The zero-order valence-electron chi connectivity index (χ0n) is 14.0. The number of aromatic amines is 2. The summed E-state index contributed by atoms with van der Waals surface area (Å²) in [6.07, 6.45) is -0.937. The maximum atomic E-state index is 12.3. The predicted molar refractivity (Wildman–Crippen MR) is 92.8 cm³/mol. The van der Waals surface area contributed by atoms with Crippen molar-refractivity contribution in [1.29, 1.82) is 0 Å². The molecule has 9 nitrogen and oxygen atoms in total. The molecule has 1 aliphatic heterocycles. The molecular formula is C17H18N4O5. The largest absolute Gasteiger partial charge is 0.394 e. The number of imidazole rings is 1. The van der Waals surface area contributed by atoms with Gasteiger partial charge in [0, 0.05) is 12.6 Å². The molecule has 26 heavy (non-hydrogen) atoms. The van der Waals surface area contributed by atoms with Crippen molar-refractivity contribution in [3.8, 4) is 11.4 Å². The van der Waals surface area contributed by atoms with Gasteiger partial charge in [-0.15, -0.1) is 0 Å². The summed E-state index contributed by atoms with van der Waals surface area (Å²) in [6, 6.07) is 5.68. The number of hydrogen-bond donors (Lipinski definition) is 4. The zero-order chi connectivity index (χ0) is 18.4. The molecule has 0 saturated carbocycles. The second kappa shape index (κ2) is 6.20. The minimum Gasteiger partial charge on any atom is -0.394 e. The zero-order valence-corrected chi connectivity index (χ0v) is 14.0. The molecule has 9 heteroatoms. The van der Waals surface area contributed by atoms with E-state index in [-0.39, 0.29) is 18.6 Å². The lowest BCUT2D eigenvalue weighted by Gasteiger charge is -2.14. The van der Waals surface area contributed by atoms with Gasteiger partial charge >= 0.3 is 5.69 Å². The van der Waals surface area contributed by atoms with E-state index in [1.807, 2.05) is 25.1 Å². The molecule has 1 aliphatic rings. The standard InChI is InChI=1S/C17H18N4O5/c1-8-2-3-10-11(4-8)19-15(18-10)9-6-21(17(25)20-16(9)24)14-5-12(23)13(7-22)26-14/h2-4,6,12-14,22-23H,5,7H2,1H3,(H,18,19)(H,20,24,25)/t12-,13+,14+/m0/s1. The van der Waals surface area contributed by atoms with Gasteiger partial charge in [-0.25, -0.2) is 9.78 Å². The average Bonchev–Trinajstić information content (AvgIpc) is 3.17. The molecule has 0 radical (unpaired) electrons. The number of aliphatic hydroxyl groups excluding tert-OH is 2. The maximum Gasteiger partial charge on any atom is 0.330 e. The Morgan fingerprint density at radius 3 is 2.88 bits per heavy atom. The summed E-state index contributed by atoms with van der Waals surface area (Å²) in [6.45, 7) is 1.60. The highest BCUT2D eigenvalue weighted by Gasteiger charge is 2.35. The molecule has 3 aromatic rings. The van der Waals surface area contributed by atoms with E-state index in [2.05, 4.69) is 15.0 Å². The van der Waals surface area contributed by atoms with Crippen LogP contribution >= 0.6 is 0 Å². The van der Waals surface area contributed by atoms with Crippen molar-refractivity contribution in [3.63, 3.8) is 0 Å². The number of fused-ring (bicyclic) bond motifs is 1. The third kappa shape index (κ3) is 2.75. The van der Waals surface area contributed by atoms with Crippen molar-refractivity contribution in [2.45, 2.75) is 31.8 Å². The normalized spacial score (nSPS) is 23.0. The summed E-state index contributed by atoms with van der Waals surface area (Å²) in [4.78, 5) is 34.2. The van der Waals surface area contributed by atoms with Crippen LogP contribution in [0.2, 0.25) is 0 Å². The molecule has 2 aromatic heterocycles. The van der Waals surface area contributed by atoms with Gasteiger partial charge in [-0.3, -0.25) is 14.3 Å². The molecule has 4 N–H and O–H groups in total. The molecule has 3 atom stereocenters. The fourth-order valence-electron chi connectivity index (χ4n) is 3.17. The lowest BCUT2D eigenvalue weighted by atomic mass is 10.2. The van der Waals surface area contributed by atoms with Crippen LogP contribution in [-0.2, 0) is 4.74 Å². The van der Waals surface area contributed by atoms with Crippen molar-refractivity contribution in [2.75, 3.05) is 6.61 Å². The molecule has 136 valence electrons. The third-order valence-electron chi connectivity index (χ3n) is 4.55. The third-order valence-corrected chi connectivity index (χ3v) is 4.55. The van der Waals surface area contributed by atoms with E-state index in [4.69, 9.17) is 4.74 Å². The van der Waals surface area contributed by atoms with E-state index >= 15 is 0 Å². The Kier molecular flexibility index (Phi) is 3.98. The average molecular weight is 358 g/mol. The molecule has 0 bridgehead atoms. The molecule has 0 spiro atoms. The van der Waals surface area contributed by atoms with Crippen LogP contribution in [0.5, 0.6) is 0 Å². The van der Waals surface area contributed by atoms with E-state index in [0.29, 0.717) is 11.3 Å². The van der Waals surface area contributed by atoms with E-state index in [9.17, 15) is 19.8 Å². The Hall–Kier alpha value is -2.75. The summed E-state index contributed by atoms with van der Waals surface area (Å²) in [5.74, 6) is 0.331. The summed E-state index contributed by atoms with van der Waals surface area (Å²) < 4.78 is 6.71. The minimum absolute atomic E-state index is 0.135. The fourth-order valence-corrected chi connectivity index (χ4v) is 3.17. The fraction of sp³-hybridized carbons (Fsp3) is 0.353. The first-order valence-corrected chi connectivity index (χ1v) is 8.23. The van der Waals surface area contributed by atoms with Crippen LogP contribution < -0.4 is 11.2 Å². The summed E-state index contributed by atoms with van der Waals surface area (Å²) in [5.41, 5.74) is 1.50. The summed E-state index contributed by atoms with van der Waals surface area (Å²) in [7, 11) is 0. The predicted octanol–water partition coefficient (Wildman–Crippen LogP) is 0.0290. The van der Waals surface area contributed by atoms with Gasteiger partial charge in [0.15, 0.2) is 0 Å². The Labute approximate surface area is 146 Å². The van der Waals surface area contributed by atoms with Crippen molar-refractivity contribution < 1.29 is 14.9 Å². The van der Waals surface area contributed by atoms with Crippen LogP contribution in [0.25, 0.3) is 22.4 Å². The van der Waals surface area contributed by atoms with Gasteiger partial charge in [-0.2, -0.15) is 0 Å². The number of aliphatic hydroxyl groups is 2. The van der Waals surface area contributed by atoms with Crippen LogP contribution in [0, 0.1) is 6.92 Å².